The molecule has 4 rings (SSSR count). The molecule has 2 unspecified atom stereocenters. The third kappa shape index (κ3) is 6.34. The lowest BCUT2D eigenvalue weighted by Gasteiger charge is -2.34. The van der Waals surface area contributed by atoms with E-state index in [0.717, 1.165) is 23.4 Å². The monoisotopic (exact) mass is 576 g/mol. The van der Waals surface area contributed by atoms with Gasteiger partial charge < -0.3 is 10.1 Å². The second-order valence-electron chi connectivity index (χ2n) is 10.7. The first-order valence-corrected chi connectivity index (χ1v) is 15.4. The summed E-state index contributed by atoms with van der Waals surface area (Å²) in [6.07, 6.45) is 0.711. The molecule has 2 aromatic rings. The zero-order valence-electron chi connectivity index (χ0n) is 22.9. The fourth-order valence-corrected chi connectivity index (χ4v) is 8.25. The van der Waals surface area contributed by atoms with Gasteiger partial charge in [-0.2, -0.15) is 4.31 Å². The topological polar surface area (TPSA) is 125 Å². The van der Waals surface area contributed by atoms with Crippen LogP contribution in [0.1, 0.15) is 65.3 Å². The zero-order valence-corrected chi connectivity index (χ0v) is 24.6. The minimum Gasteiger partial charge on any atom is -0.453 e. The molecule has 0 aliphatic carbocycles. The SMILES string of the molecule is COC(=O)NC(=O)c1c(NC(=O)c2ccc(S(=O)(=O)N3CC(C)CC(C)C3)cc2)sc2c1CCN(C(C)C)C2. The van der Waals surface area contributed by atoms with E-state index < -0.39 is 27.9 Å². The number of benzene rings is 1. The van der Waals surface area contributed by atoms with E-state index in [0.29, 0.717) is 37.1 Å². The number of fused-ring (bicyclic) bond motifs is 1. The molecule has 12 heteroatoms. The lowest BCUT2D eigenvalue weighted by atomic mass is 9.94. The highest BCUT2D eigenvalue weighted by molar-refractivity contribution is 7.89. The summed E-state index contributed by atoms with van der Waals surface area (Å²) in [7, 11) is -2.50. The van der Waals surface area contributed by atoms with Crippen molar-refractivity contribution in [2.75, 3.05) is 32.1 Å². The van der Waals surface area contributed by atoms with Gasteiger partial charge in [0.05, 0.1) is 17.6 Å². The largest absolute Gasteiger partial charge is 0.453 e. The van der Waals surface area contributed by atoms with E-state index >= 15 is 0 Å². The quantitative estimate of drug-likeness (QED) is 0.534. The Bertz CT molecular complexity index is 1340. The van der Waals surface area contributed by atoms with Gasteiger partial charge in [0, 0.05) is 42.7 Å². The molecule has 1 aromatic carbocycles. The number of thiophene rings is 1. The molecule has 2 N–H and O–H groups in total. The molecule has 1 saturated heterocycles. The molecule has 1 aromatic heterocycles. The molecule has 212 valence electrons. The van der Waals surface area contributed by atoms with Gasteiger partial charge in [0.2, 0.25) is 10.0 Å². The fraction of sp³-hybridized carbons (Fsp3) is 0.519. The van der Waals surface area contributed by atoms with Crippen molar-refractivity contribution in [1.29, 1.82) is 0 Å². The second kappa shape index (κ2) is 11.7. The van der Waals surface area contributed by atoms with Gasteiger partial charge in [-0.1, -0.05) is 13.8 Å². The third-order valence-corrected chi connectivity index (χ3v) is 10.2. The number of methoxy groups -OCH3 is 1. The number of anilines is 1. The van der Waals surface area contributed by atoms with Crippen LogP contribution in [0, 0.1) is 11.8 Å². The molecular weight excluding hydrogens is 540 g/mol. The molecule has 3 amide bonds. The van der Waals surface area contributed by atoms with E-state index in [4.69, 9.17) is 0 Å². The van der Waals surface area contributed by atoms with Crippen LogP contribution in [-0.4, -0.2) is 68.3 Å². The van der Waals surface area contributed by atoms with Gasteiger partial charge in [-0.15, -0.1) is 11.3 Å². The standard InChI is InChI=1S/C27H36N4O6S2/c1-16(2)30-11-10-21-22(15-30)38-26(23(21)25(33)29-27(34)37-5)28-24(32)19-6-8-20(9-7-19)39(35,36)31-13-17(3)12-18(4)14-31/h6-9,16-18H,10-15H2,1-5H3,(H,28,32)(H,29,33,34). The van der Waals surface area contributed by atoms with Gasteiger partial charge in [0.25, 0.3) is 11.8 Å². The van der Waals surface area contributed by atoms with Crippen molar-refractivity contribution >= 4 is 44.3 Å². The predicted octanol–water partition coefficient (Wildman–Crippen LogP) is 3.93. The number of nitrogens with zero attached hydrogens (tertiary/aromatic N) is 2. The van der Waals surface area contributed by atoms with Gasteiger partial charge in [-0.25, -0.2) is 13.2 Å². The smallest absolute Gasteiger partial charge is 0.413 e. The minimum atomic E-state index is -3.67. The fourth-order valence-electron chi connectivity index (χ4n) is 5.30. The summed E-state index contributed by atoms with van der Waals surface area (Å²) in [5.41, 5.74) is 1.31. The molecular formula is C27H36N4O6S2. The molecule has 0 saturated carbocycles. The van der Waals surface area contributed by atoms with E-state index in [1.165, 1.54) is 47.0 Å². The Hall–Kier alpha value is -2.80. The molecule has 39 heavy (non-hydrogen) atoms. The third-order valence-electron chi connectivity index (χ3n) is 7.26. The summed E-state index contributed by atoms with van der Waals surface area (Å²) >= 11 is 1.31. The van der Waals surface area contributed by atoms with Crippen molar-refractivity contribution < 1.29 is 27.5 Å². The Morgan fingerprint density at radius 3 is 2.28 bits per heavy atom. The maximum Gasteiger partial charge on any atom is 0.413 e. The van der Waals surface area contributed by atoms with E-state index in [2.05, 4.69) is 34.1 Å². The molecule has 2 atom stereocenters. The van der Waals surface area contributed by atoms with Crippen molar-refractivity contribution in [3.63, 3.8) is 0 Å². The summed E-state index contributed by atoms with van der Waals surface area (Å²) in [6, 6.07) is 6.15. The zero-order chi connectivity index (χ0) is 28.5. The van der Waals surface area contributed by atoms with Crippen LogP contribution < -0.4 is 10.6 Å². The Labute approximate surface area is 233 Å². The van der Waals surface area contributed by atoms with Crippen molar-refractivity contribution in [3.05, 3.63) is 45.8 Å². The summed E-state index contributed by atoms with van der Waals surface area (Å²) in [5.74, 6) is -0.559. The highest BCUT2D eigenvalue weighted by atomic mass is 32.2. The number of rotatable bonds is 6. The number of carbonyl (C=O) groups excluding carboxylic acids is 3. The number of hydrogen-bond acceptors (Lipinski definition) is 8. The summed E-state index contributed by atoms with van der Waals surface area (Å²) in [5, 5.41) is 5.36. The van der Waals surface area contributed by atoms with Crippen LogP contribution in [0.2, 0.25) is 0 Å². The van der Waals surface area contributed by atoms with Crippen LogP contribution in [0.3, 0.4) is 0 Å². The average Bonchev–Trinajstić information content (AvgIpc) is 3.25. The lowest BCUT2D eigenvalue weighted by Crippen LogP contribution is -2.42. The average molecular weight is 577 g/mol. The molecule has 2 aliphatic heterocycles. The van der Waals surface area contributed by atoms with E-state index in [-0.39, 0.29) is 27.9 Å². The first kappa shape index (κ1) is 29.2. The maximum atomic E-state index is 13.2. The summed E-state index contributed by atoms with van der Waals surface area (Å²) < 4.78 is 32.5. The van der Waals surface area contributed by atoms with E-state index in [1.807, 2.05) is 13.8 Å². The van der Waals surface area contributed by atoms with Crippen molar-refractivity contribution in [2.24, 2.45) is 11.8 Å². The highest BCUT2D eigenvalue weighted by Crippen LogP contribution is 2.38. The van der Waals surface area contributed by atoms with E-state index in [9.17, 15) is 22.8 Å². The van der Waals surface area contributed by atoms with E-state index in [1.54, 1.807) is 0 Å². The molecule has 0 spiro atoms. The number of imide groups is 1. The van der Waals surface area contributed by atoms with Crippen LogP contribution in [-0.2, 0) is 27.7 Å². The van der Waals surface area contributed by atoms with Gasteiger partial charge in [0.15, 0.2) is 0 Å². The first-order chi connectivity index (χ1) is 18.4. The normalized spacial score (nSPS) is 20.4. The predicted molar refractivity (Wildman–Crippen MR) is 150 cm³/mol. The van der Waals surface area contributed by atoms with Crippen molar-refractivity contribution in [2.45, 2.75) is 58.0 Å². The first-order valence-electron chi connectivity index (χ1n) is 13.1. The Kier molecular flexibility index (Phi) is 8.79. The molecule has 3 heterocycles. The second-order valence-corrected chi connectivity index (χ2v) is 13.8. The number of alkyl carbamates (subject to hydrolysis) is 1. The maximum absolute atomic E-state index is 13.2. The highest BCUT2D eigenvalue weighted by Gasteiger charge is 2.33. The number of hydrogen-bond donors (Lipinski definition) is 2. The minimum absolute atomic E-state index is 0.138. The van der Waals surface area contributed by atoms with Crippen LogP contribution >= 0.6 is 11.3 Å². The number of piperidine rings is 1. The Morgan fingerprint density at radius 1 is 1.05 bits per heavy atom. The molecule has 0 radical (unpaired) electrons. The van der Waals surface area contributed by atoms with Gasteiger partial charge in [-0.3, -0.25) is 19.8 Å². The molecule has 10 nitrogen and oxygen atoms in total. The number of nitrogens with one attached hydrogen (secondary N) is 2. The lowest BCUT2D eigenvalue weighted by molar-refractivity contribution is 0.0936. The number of carbonyl (C=O) groups is 3. The van der Waals surface area contributed by atoms with Crippen LogP contribution in [0.4, 0.5) is 9.80 Å². The molecule has 1 fully saturated rings. The van der Waals surface area contributed by atoms with Gasteiger partial charge in [-0.05, 0) is 68.4 Å². The Morgan fingerprint density at radius 2 is 1.69 bits per heavy atom. The number of sulfonamides is 1. The summed E-state index contributed by atoms with van der Waals surface area (Å²) in [6.45, 7) is 10.6. The Balaban J connectivity index is 1.57. The van der Waals surface area contributed by atoms with Gasteiger partial charge >= 0.3 is 6.09 Å². The molecule has 2 aliphatic rings. The van der Waals surface area contributed by atoms with Crippen molar-refractivity contribution in [1.82, 2.24) is 14.5 Å². The molecule has 0 bridgehead atoms. The van der Waals surface area contributed by atoms with Crippen molar-refractivity contribution in [3.8, 4) is 0 Å². The van der Waals surface area contributed by atoms with Crippen LogP contribution in [0.15, 0.2) is 29.2 Å². The number of ether oxygens (including phenoxy) is 1. The van der Waals surface area contributed by atoms with Gasteiger partial charge in [0.1, 0.15) is 5.00 Å². The summed E-state index contributed by atoms with van der Waals surface area (Å²) in [4.78, 5) is 41.3. The van der Waals surface area contributed by atoms with Crippen LogP contribution in [0.25, 0.3) is 0 Å². The van der Waals surface area contributed by atoms with Crippen LogP contribution in [0.5, 0.6) is 0 Å². The number of amides is 3.